The molecule has 0 bridgehead atoms. The molecule has 0 atom stereocenters. The van der Waals surface area contributed by atoms with Crippen LogP contribution in [0.2, 0.25) is 0 Å². The number of likely N-dealkylation sites (N-methyl/N-ethyl adjacent to an activating group) is 2. The van der Waals surface area contributed by atoms with Crippen LogP contribution in [0.15, 0.2) is 17.3 Å². The molecular weight excluding hydrogens is 270 g/mol. The van der Waals surface area contributed by atoms with E-state index in [0.29, 0.717) is 13.1 Å². The predicted molar refractivity (Wildman–Crippen MR) is 70.0 cm³/mol. The largest absolute Gasteiger partial charge is 0.343 e. The molecule has 1 rings (SSSR count). The van der Waals surface area contributed by atoms with Crippen molar-refractivity contribution in [3.05, 3.63) is 12.4 Å². The standard InChI is InChI=1S/C10H19N5O3S/c1-11-4-5-14(2)10(16)7-13-19(17,18)9-6-12-15(3)8-9/h6,8,11,13H,4-5,7H2,1-3H3. The smallest absolute Gasteiger partial charge is 0.244 e. The van der Waals surface area contributed by atoms with Crippen molar-refractivity contribution >= 4 is 15.9 Å². The van der Waals surface area contributed by atoms with E-state index < -0.39 is 10.0 Å². The van der Waals surface area contributed by atoms with Crippen LogP contribution in [0.3, 0.4) is 0 Å². The molecule has 1 aromatic heterocycles. The summed E-state index contributed by atoms with van der Waals surface area (Å²) in [6.45, 7) is 0.902. The first-order chi connectivity index (χ1) is 8.86. The Hall–Kier alpha value is -1.45. The molecule has 19 heavy (non-hydrogen) atoms. The average Bonchev–Trinajstić information content (AvgIpc) is 2.80. The summed E-state index contributed by atoms with van der Waals surface area (Å²) >= 11 is 0. The third-order valence-electron chi connectivity index (χ3n) is 2.53. The summed E-state index contributed by atoms with van der Waals surface area (Å²) in [5, 5.41) is 6.69. The van der Waals surface area contributed by atoms with Gasteiger partial charge in [0.1, 0.15) is 4.90 Å². The number of amides is 1. The van der Waals surface area contributed by atoms with Crippen LogP contribution in [0.4, 0.5) is 0 Å². The van der Waals surface area contributed by atoms with Gasteiger partial charge < -0.3 is 10.2 Å². The molecule has 1 amide bonds. The molecule has 108 valence electrons. The molecular formula is C10H19N5O3S. The van der Waals surface area contributed by atoms with Crippen molar-refractivity contribution in [2.24, 2.45) is 7.05 Å². The fourth-order valence-corrected chi connectivity index (χ4v) is 2.27. The zero-order valence-corrected chi connectivity index (χ0v) is 12.1. The van der Waals surface area contributed by atoms with Gasteiger partial charge in [0, 0.05) is 33.4 Å². The van der Waals surface area contributed by atoms with Crippen molar-refractivity contribution < 1.29 is 13.2 Å². The van der Waals surface area contributed by atoms with Crippen molar-refractivity contribution in [2.75, 3.05) is 33.7 Å². The van der Waals surface area contributed by atoms with Crippen LogP contribution in [0.1, 0.15) is 0 Å². The van der Waals surface area contributed by atoms with E-state index in [2.05, 4.69) is 15.1 Å². The highest BCUT2D eigenvalue weighted by molar-refractivity contribution is 7.89. The monoisotopic (exact) mass is 289 g/mol. The second-order valence-corrected chi connectivity index (χ2v) is 5.86. The summed E-state index contributed by atoms with van der Waals surface area (Å²) in [5.41, 5.74) is 0. The Morgan fingerprint density at radius 3 is 2.74 bits per heavy atom. The lowest BCUT2D eigenvalue weighted by atomic mass is 10.5. The Kier molecular flexibility index (Phi) is 5.45. The molecule has 0 radical (unpaired) electrons. The molecule has 2 N–H and O–H groups in total. The first-order valence-corrected chi connectivity index (χ1v) is 7.22. The van der Waals surface area contributed by atoms with Gasteiger partial charge in [-0.3, -0.25) is 9.48 Å². The number of aromatic nitrogens is 2. The Bertz CT molecular complexity index is 525. The molecule has 0 saturated carbocycles. The third-order valence-corrected chi connectivity index (χ3v) is 3.88. The van der Waals surface area contributed by atoms with Crippen LogP contribution in [0.5, 0.6) is 0 Å². The minimum Gasteiger partial charge on any atom is -0.343 e. The quantitative estimate of drug-likeness (QED) is 0.629. The number of hydrogen-bond donors (Lipinski definition) is 2. The van der Waals surface area contributed by atoms with E-state index in [1.54, 1.807) is 21.1 Å². The lowest BCUT2D eigenvalue weighted by molar-refractivity contribution is -0.128. The van der Waals surface area contributed by atoms with Gasteiger partial charge in [-0.25, -0.2) is 13.1 Å². The van der Waals surface area contributed by atoms with E-state index in [0.717, 1.165) is 0 Å². The Labute approximate surface area is 112 Å². The lowest BCUT2D eigenvalue weighted by Gasteiger charge is -2.16. The normalized spacial score (nSPS) is 11.5. The van der Waals surface area contributed by atoms with Gasteiger partial charge in [-0.15, -0.1) is 0 Å². The average molecular weight is 289 g/mol. The summed E-state index contributed by atoms with van der Waals surface area (Å²) < 4.78 is 27.3. The molecule has 0 aliphatic heterocycles. The van der Waals surface area contributed by atoms with Crippen molar-refractivity contribution in [3.8, 4) is 0 Å². The van der Waals surface area contributed by atoms with Gasteiger partial charge in [0.15, 0.2) is 0 Å². The molecule has 0 spiro atoms. The fourth-order valence-electron chi connectivity index (χ4n) is 1.32. The first kappa shape index (κ1) is 15.6. The Balaban J connectivity index is 2.54. The van der Waals surface area contributed by atoms with Crippen molar-refractivity contribution in [2.45, 2.75) is 4.90 Å². The number of carbonyl (C=O) groups excluding carboxylic acids is 1. The van der Waals surface area contributed by atoms with E-state index in [9.17, 15) is 13.2 Å². The third kappa shape index (κ3) is 4.62. The van der Waals surface area contributed by atoms with Crippen molar-refractivity contribution in [3.63, 3.8) is 0 Å². The number of hydrogen-bond acceptors (Lipinski definition) is 5. The van der Waals surface area contributed by atoms with Crippen molar-refractivity contribution in [1.29, 1.82) is 0 Å². The molecule has 0 aliphatic rings. The molecule has 0 aromatic carbocycles. The van der Waals surface area contributed by atoms with E-state index in [1.165, 1.54) is 22.0 Å². The number of sulfonamides is 1. The molecule has 9 heteroatoms. The van der Waals surface area contributed by atoms with Gasteiger partial charge in [0.25, 0.3) is 0 Å². The van der Waals surface area contributed by atoms with E-state index in [-0.39, 0.29) is 17.3 Å². The maximum absolute atomic E-state index is 11.8. The van der Waals surface area contributed by atoms with Crippen LogP contribution in [-0.2, 0) is 21.9 Å². The maximum atomic E-state index is 11.8. The number of nitrogens with one attached hydrogen (secondary N) is 2. The highest BCUT2D eigenvalue weighted by Gasteiger charge is 2.18. The van der Waals surface area contributed by atoms with Crippen LogP contribution in [-0.4, -0.2) is 62.7 Å². The topological polar surface area (TPSA) is 96.3 Å². The molecule has 1 aromatic rings. The molecule has 8 nitrogen and oxygen atoms in total. The second-order valence-electron chi connectivity index (χ2n) is 4.09. The van der Waals surface area contributed by atoms with E-state index in [4.69, 9.17) is 0 Å². The predicted octanol–water partition coefficient (Wildman–Crippen LogP) is -1.62. The summed E-state index contributed by atoms with van der Waals surface area (Å²) in [7, 11) is 1.34. The van der Waals surface area contributed by atoms with E-state index in [1.807, 2.05) is 0 Å². The molecule has 0 saturated heterocycles. The summed E-state index contributed by atoms with van der Waals surface area (Å²) in [5.74, 6) is -0.289. The van der Waals surface area contributed by atoms with Crippen LogP contribution in [0.25, 0.3) is 0 Å². The number of rotatable bonds is 7. The lowest BCUT2D eigenvalue weighted by Crippen LogP contribution is -2.40. The molecule has 0 aliphatic carbocycles. The first-order valence-electron chi connectivity index (χ1n) is 5.73. The van der Waals surface area contributed by atoms with Gasteiger partial charge in [-0.1, -0.05) is 0 Å². The van der Waals surface area contributed by atoms with Gasteiger partial charge in [-0.2, -0.15) is 5.10 Å². The number of carbonyl (C=O) groups is 1. The highest BCUT2D eigenvalue weighted by Crippen LogP contribution is 2.05. The zero-order valence-electron chi connectivity index (χ0n) is 11.3. The molecule has 0 fully saturated rings. The SMILES string of the molecule is CNCCN(C)C(=O)CNS(=O)(=O)c1cnn(C)c1. The Morgan fingerprint density at radius 1 is 1.53 bits per heavy atom. The van der Waals surface area contributed by atoms with Gasteiger partial charge in [0.2, 0.25) is 15.9 Å². The second kappa shape index (κ2) is 6.64. The van der Waals surface area contributed by atoms with Crippen molar-refractivity contribution in [1.82, 2.24) is 24.7 Å². The number of aryl methyl sites for hydroxylation is 1. The number of nitrogens with zero attached hydrogens (tertiary/aromatic N) is 3. The van der Waals surface area contributed by atoms with Gasteiger partial charge in [0.05, 0.1) is 12.7 Å². The van der Waals surface area contributed by atoms with Crippen LogP contribution < -0.4 is 10.0 Å². The van der Waals surface area contributed by atoms with Crippen LogP contribution >= 0.6 is 0 Å². The summed E-state index contributed by atoms with van der Waals surface area (Å²) in [4.78, 5) is 13.2. The van der Waals surface area contributed by atoms with Crippen LogP contribution in [0, 0.1) is 0 Å². The molecule has 0 unspecified atom stereocenters. The fraction of sp³-hybridized carbons (Fsp3) is 0.600. The minimum absolute atomic E-state index is 0.0423. The minimum atomic E-state index is -3.68. The maximum Gasteiger partial charge on any atom is 0.244 e. The molecule has 1 heterocycles. The summed E-state index contributed by atoms with van der Waals surface area (Å²) in [6, 6.07) is 0. The summed E-state index contributed by atoms with van der Waals surface area (Å²) in [6.07, 6.45) is 2.61. The Morgan fingerprint density at radius 2 is 2.21 bits per heavy atom. The van der Waals surface area contributed by atoms with Gasteiger partial charge >= 0.3 is 0 Å². The highest BCUT2D eigenvalue weighted by atomic mass is 32.2. The zero-order chi connectivity index (χ0) is 14.5. The van der Waals surface area contributed by atoms with E-state index >= 15 is 0 Å². The van der Waals surface area contributed by atoms with Gasteiger partial charge in [-0.05, 0) is 7.05 Å².